The monoisotopic (exact) mass is 910 g/mol. The quantitative estimate of drug-likeness (QED) is 0.210. The summed E-state index contributed by atoms with van der Waals surface area (Å²) in [5, 5.41) is 20.8. The number of carbonyl (C=O) groups excluding carboxylic acids is 1. The maximum Gasteiger partial charge on any atom is 0.331 e. The first-order valence-electron chi connectivity index (χ1n) is 24.5. The van der Waals surface area contributed by atoms with Crippen molar-refractivity contribution in [2.45, 2.75) is 257 Å². The maximum absolute atomic E-state index is 12.3. The van der Waals surface area contributed by atoms with E-state index in [9.17, 15) is 19.8 Å². The van der Waals surface area contributed by atoms with Gasteiger partial charge in [-0.25, -0.2) is 9.59 Å². The van der Waals surface area contributed by atoms with Crippen LogP contribution in [0.1, 0.15) is 126 Å². The van der Waals surface area contributed by atoms with Crippen molar-refractivity contribution in [1.29, 1.82) is 0 Å². The lowest BCUT2D eigenvalue weighted by Crippen LogP contribution is -2.70. The van der Waals surface area contributed by atoms with Crippen LogP contribution < -0.4 is 0 Å². The minimum Gasteiger partial charge on any atom is -0.478 e. The zero-order valence-corrected chi connectivity index (χ0v) is 39.0. The van der Waals surface area contributed by atoms with Crippen LogP contribution in [0.5, 0.6) is 0 Å². The van der Waals surface area contributed by atoms with Crippen LogP contribution in [0.15, 0.2) is 36.0 Å². The van der Waals surface area contributed by atoms with Gasteiger partial charge in [0.2, 0.25) is 0 Å². The van der Waals surface area contributed by atoms with Crippen LogP contribution in [0.2, 0.25) is 0 Å². The van der Waals surface area contributed by atoms with Crippen LogP contribution in [-0.4, -0.2) is 154 Å². The standard InChI is InChI=1S/C50H70O15/c1-24-15-30-35(22-48(6)37(58-30)20-34-44(64-48)25(2)16-42(52)60-34)57-29-11-13-47(5)38(61-43(24)29)21-39-49(7,65-47)23-41-46(4,63-39)12-9-10-28-31(59-41)18-33-32(56-28)19-40-50(8,62-33)36(51)17-27(55-40)14-26(3)45(53)54/h9-10,16,24,27-41,43-44,51H,3,11-15,17-23H2,1-2,4-8H3,(H,53,54)/b10-9-/t24-,27?,28?,29?,30?,31?,32?,33?,34?,35?,36?,37?,38?,39?,40?,41?,43?,44?,46-,47-,48+,49+,50+/m1/s1. The first kappa shape index (κ1) is 45.2. The highest BCUT2D eigenvalue weighted by molar-refractivity contribution is 5.85. The van der Waals surface area contributed by atoms with Crippen molar-refractivity contribution in [3.05, 3.63) is 36.0 Å². The fourth-order valence-electron chi connectivity index (χ4n) is 14.0. The van der Waals surface area contributed by atoms with E-state index in [1.165, 1.54) is 0 Å². The average Bonchev–Trinajstić information content (AvgIpc) is 3.43. The Labute approximate surface area is 382 Å². The van der Waals surface area contributed by atoms with Crippen molar-refractivity contribution < 1.29 is 71.9 Å². The highest BCUT2D eigenvalue weighted by atomic mass is 16.7. The van der Waals surface area contributed by atoms with Gasteiger partial charge >= 0.3 is 11.9 Å². The lowest BCUT2D eigenvalue weighted by atomic mass is 9.72. The number of fused-ring (bicyclic) bond motifs is 10. The molecular weight excluding hydrogens is 841 g/mol. The molecule has 11 rings (SSSR count). The molecule has 23 atom stereocenters. The second-order valence-electron chi connectivity index (χ2n) is 22.8. The molecule has 15 heteroatoms. The van der Waals surface area contributed by atoms with Crippen LogP contribution in [0, 0.1) is 5.92 Å². The van der Waals surface area contributed by atoms with E-state index in [1.807, 2.05) is 13.8 Å². The number of hydrogen-bond donors (Lipinski definition) is 2. The van der Waals surface area contributed by atoms with Gasteiger partial charge < -0.3 is 62.3 Å². The minimum absolute atomic E-state index is 0.0564. The predicted molar refractivity (Wildman–Crippen MR) is 230 cm³/mol. The van der Waals surface area contributed by atoms with E-state index in [-0.39, 0.29) is 116 Å². The number of carboxylic acids is 1. The summed E-state index contributed by atoms with van der Waals surface area (Å²) in [6.07, 6.45) is 7.62. The zero-order valence-electron chi connectivity index (χ0n) is 39.0. The normalized spacial score (nSPS) is 56.2. The van der Waals surface area contributed by atoms with Crippen LogP contribution in [0.3, 0.4) is 0 Å². The first-order valence-corrected chi connectivity index (χ1v) is 24.5. The van der Waals surface area contributed by atoms with Crippen molar-refractivity contribution >= 4 is 11.9 Å². The molecule has 9 saturated heterocycles. The summed E-state index contributed by atoms with van der Waals surface area (Å²) in [5.74, 6) is -1.22. The third-order valence-electron chi connectivity index (χ3n) is 17.9. The molecule has 11 aliphatic rings. The molecule has 17 unspecified atom stereocenters. The van der Waals surface area contributed by atoms with Gasteiger partial charge in [0.05, 0.1) is 108 Å². The van der Waals surface area contributed by atoms with Gasteiger partial charge in [0, 0.05) is 63.0 Å². The number of aliphatic hydroxyl groups is 1. The number of rotatable bonds is 3. The maximum atomic E-state index is 12.3. The van der Waals surface area contributed by atoms with E-state index in [2.05, 4.69) is 53.3 Å². The lowest BCUT2D eigenvalue weighted by Gasteiger charge is -2.60. The fourth-order valence-corrected chi connectivity index (χ4v) is 14.0. The van der Waals surface area contributed by atoms with Crippen LogP contribution in [0.25, 0.3) is 0 Å². The molecule has 9 fully saturated rings. The number of hydrogen-bond acceptors (Lipinski definition) is 14. The van der Waals surface area contributed by atoms with Crippen LogP contribution >= 0.6 is 0 Å². The van der Waals surface area contributed by atoms with Gasteiger partial charge in [-0.3, -0.25) is 0 Å². The lowest BCUT2D eigenvalue weighted by molar-refractivity contribution is -0.356. The summed E-state index contributed by atoms with van der Waals surface area (Å²) in [4.78, 5) is 23.8. The molecule has 360 valence electrons. The molecule has 11 heterocycles. The van der Waals surface area contributed by atoms with Crippen LogP contribution in [-0.2, 0) is 61.7 Å². The Hall–Kier alpha value is -2.28. The highest BCUT2D eigenvalue weighted by Crippen LogP contribution is 2.55. The molecule has 0 aromatic heterocycles. The molecule has 0 spiro atoms. The predicted octanol–water partition coefficient (Wildman–Crippen LogP) is 5.36. The number of carboxylic acid groups (broad SMARTS) is 1. The van der Waals surface area contributed by atoms with Gasteiger partial charge in [-0.05, 0) is 78.7 Å². The van der Waals surface area contributed by atoms with Crippen molar-refractivity contribution in [2.24, 2.45) is 5.92 Å². The number of aliphatic carboxylic acids is 1. The highest BCUT2D eigenvalue weighted by Gasteiger charge is 2.64. The van der Waals surface area contributed by atoms with E-state index >= 15 is 0 Å². The Morgan fingerprint density at radius 2 is 1.48 bits per heavy atom. The Morgan fingerprint density at radius 1 is 0.723 bits per heavy atom. The number of ether oxygens (including phenoxy) is 11. The summed E-state index contributed by atoms with van der Waals surface area (Å²) < 4.78 is 75.5. The van der Waals surface area contributed by atoms with Gasteiger partial charge in [0.15, 0.2) is 0 Å². The minimum atomic E-state index is -1.07. The second-order valence-corrected chi connectivity index (χ2v) is 22.8. The summed E-state index contributed by atoms with van der Waals surface area (Å²) in [7, 11) is 0. The molecule has 15 nitrogen and oxygen atoms in total. The average molecular weight is 911 g/mol. The Bertz CT molecular complexity index is 1990. The molecule has 0 radical (unpaired) electrons. The Balaban J connectivity index is 0.772. The van der Waals surface area contributed by atoms with Crippen molar-refractivity contribution in [2.75, 3.05) is 0 Å². The summed E-state index contributed by atoms with van der Waals surface area (Å²) in [5.41, 5.74) is -2.49. The van der Waals surface area contributed by atoms with Gasteiger partial charge in [0.1, 0.15) is 23.9 Å². The second kappa shape index (κ2) is 15.9. The van der Waals surface area contributed by atoms with Gasteiger partial charge in [0.25, 0.3) is 0 Å². The molecule has 65 heavy (non-hydrogen) atoms. The number of carbonyl (C=O) groups is 2. The first-order chi connectivity index (χ1) is 30.7. The van der Waals surface area contributed by atoms with Crippen molar-refractivity contribution in [1.82, 2.24) is 0 Å². The summed E-state index contributed by atoms with van der Waals surface area (Å²) in [6.45, 7) is 18.4. The summed E-state index contributed by atoms with van der Waals surface area (Å²) in [6, 6.07) is 0. The van der Waals surface area contributed by atoms with Gasteiger partial charge in [-0.1, -0.05) is 25.7 Å². The van der Waals surface area contributed by atoms with Gasteiger partial charge in [-0.15, -0.1) is 0 Å². The topological polar surface area (TPSA) is 176 Å². The zero-order chi connectivity index (χ0) is 45.6. The van der Waals surface area contributed by atoms with E-state index in [0.717, 1.165) is 24.8 Å². The Morgan fingerprint density at radius 3 is 2.28 bits per heavy atom. The van der Waals surface area contributed by atoms with E-state index in [4.69, 9.17) is 52.1 Å². The summed E-state index contributed by atoms with van der Waals surface area (Å²) >= 11 is 0. The van der Waals surface area contributed by atoms with E-state index < -0.39 is 52.3 Å². The number of esters is 1. The molecule has 0 saturated carbocycles. The molecule has 0 bridgehead atoms. The third-order valence-corrected chi connectivity index (χ3v) is 17.9. The van der Waals surface area contributed by atoms with Crippen molar-refractivity contribution in [3.8, 4) is 0 Å². The number of aliphatic hydroxyl groups excluding tert-OH is 1. The molecular formula is C50H70O15. The molecule has 0 aromatic rings. The van der Waals surface area contributed by atoms with E-state index in [1.54, 1.807) is 6.08 Å². The van der Waals surface area contributed by atoms with E-state index in [0.29, 0.717) is 44.9 Å². The fraction of sp³-hybridized carbons (Fsp3) is 0.840. The smallest absolute Gasteiger partial charge is 0.331 e. The molecule has 0 amide bonds. The molecule has 0 aliphatic carbocycles. The third kappa shape index (κ3) is 7.64. The van der Waals surface area contributed by atoms with Crippen LogP contribution in [0.4, 0.5) is 0 Å². The molecule has 2 N–H and O–H groups in total. The Kier molecular flexibility index (Phi) is 11.0. The molecule has 0 aromatic carbocycles. The molecule has 11 aliphatic heterocycles. The van der Waals surface area contributed by atoms with Crippen molar-refractivity contribution in [3.63, 3.8) is 0 Å². The SMILES string of the molecule is C=C(CC1CC(O)[C@]2(C)OC3CC4OC5C[C@]6(C)O[C@]7(C)CCC8OC9C[C@]%10(C)OC%11C(C)=CC(=O)OC%11CC%10OC9C[C@@H](C)C8OC7CC6O[C@]5(C)C/C=C\C4OC3CC2O1)C(=O)O. The largest absolute Gasteiger partial charge is 0.478 e. The van der Waals surface area contributed by atoms with Gasteiger partial charge in [-0.2, -0.15) is 0 Å².